The van der Waals surface area contributed by atoms with Crippen molar-refractivity contribution >= 4 is 22.5 Å². The number of nitrogens with one attached hydrogen (secondary N) is 1. The number of carbonyl (C=O) groups is 1. The Morgan fingerprint density at radius 3 is 2.75 bits per heavy atom. The summed E-state index contributed by atoms with van der Waals surface area (Å²) in [6, 6.07) is 18.4. The maximum atomic E-state index is 12.3. The average Bonchev–Trinajstić information content (AvgIpc) is 2.72. The van der Waals surface area contributed by atoms with Gasteiger partial charge in [0.05, 0.1) is 19.1 Å². The number of morpholine rings is 1. The van der Waals surface area contributed by atoms with Crippen LogP contribution in [0, 0.1) is 0 Å². The van der Waals surface area contributed by atoms with Crippen LogP contribution in [0.15, 0.2) is 60.8 Å². The van der Waals surface area contributed by atoms with Gasteiger partial charge in [-0.05, 0) is 34.9 Å². The van der Waals surface area contributed by atoms with E-state index in [9.17, 15) is 4.79 Å². The van der Waals surface area contributed by atoms with Gasteiger partial charge in [-0.25, -0.2) is 4.98 Å². The molecule has 28 heavy (non-hydrogen) atoms. The number of carbonyl (C=O) groups excluding carboxylic acids is 1. The summed E-state index contributed by atoms with van der Waals surface area (Å²) in [5.74, 6) is 0.975. The predicted molar refractivity (Wildman–Crippen MR) is 111 cm³/mol. The zero-order valence-electron chi connectivity index (χ0n) is 16.1. The number of fused-ring (bicyclic) bond motifs is 1. The van der Waals surface area contributed by atoms with Crippen LogP contribution in [0.3, 0.4) is 0 Å². The summed E-state index contributed by atoms with van der Waals surface area (Å²) in [5, 5.41) is 5.33. The van der Waals surface area contributed by atoms with Crippen LogP contribution in [-0.2, 0) is 22.5 Å². The first-order chi connectivity index (χ1) is 13.7. The summed E-state index contributed by atoms with van der Waals surface area (Å²) >= 11 is 0. The standard InChI is InChI=1S/C23H25N3O2/c1-17-16-26(10-11-28-17)22-9-7-19(14-24-22)15-25-23(27)13-18-6-8-20-4-2-3-5-21(20)12-18/h2-9,12,14,17H,10-11,13,15-16H2,1H3,(H,25,27). The fourth-order valence-corrected chi connectivity index (χ4v) is 3.53. The van der Waals surface area contributed by atoms with Gasteiger partial charge in [-0.15, -0.1) is 0 Å². The fraction of sp³-hybridized carbons (Fsp3) is 0.304. The van der Waals surface area contributed by atoms with E-state index < -0.39 is 0 Å². The van der Waals surface area contributed by atoms with Crippen LogP contribution in [0.2, 0.25) is 0 Å². The molecule has 0 spiro atoms. The minimum Gasteiger partial charge on any atom is -0.375 e. The lowest BCUT2D eigenvalue weighted by molar-refractivity contribution is -0.120. The number of ether oxygens (including phenoxy) is 1. The third-order valence-corrected chi connectivity index (χ3v) is 5.04. The summed E-state index contributed by atoms with van der Waals surface area (Å²) in [4.78, 5) is 19.1. The topological polar surface area (TPSA) is 54.5 Å². The molecule has 1 unspecified atom stereocenters. The lowest BCUT2D eigenvalue weighted by Crippen LogP contribution is -2.41. The molecule has 1 aliphatic rings. The van der Waals surface area contributed by atoms with E-state index in [4.69, 9.17) is 4.74 Å². The highest BCUT2D eigenvalue weighted by atomic mass is 16.5. The van der Waals surface area contributed by atoms with Crippen molar-refractivity contribution in [2.75, 3.05) is 24.6 Å². The van der Waals surface area contributed by atoms with Gasteiger partial charge in [0.25, 0.3) is 0 Å². The molecule has 0 saturated carbocycles. The third kappa shape index (κ3) is 4.49. The molecule has 1 atom stereocenters. The first-order valence-corrected chi connectivity index (χ1v) is 9.73. The van der Waals surface area contributed by atoms with Crippen LogP contribution in [0.25, 0.3) is 10.8 Å². The van der Waals surface area contributed by atoms with Crippen molar-refractivity contribution < 1.29 is 9.53 Å². The molecule has 1 aromatic heterocycles. The number of anilines is 1. The Bertz CT molecular complexity index is 955. The first-order valence-electron chi connectivity index (χ1n) is 9.73. The minimum atomic E-state index is 0.0151. The van der Waals surface area contributed by atoms with E-state index in [1.54, 1.807) is 0 Å². The molecule has 1 amide bonds. The molecule has 0 bridgehead atoms. The number of rotatable bonds is 5. The molecular weight excluding hydrogens is 350 g/mol. The molecule has 2 aromatic carbocycles. The van der Waals surface area contributed by atoms with Crippen LogP contribution >= 0.6 is 0 Å². The van der Waals surface area contributed by atoms with E-state index in [0.29, 0.717) is 13.0 Å². The lowest BCUT2D eigenvalue weighted by atomic mass is 10.0. The van der Waals surface area contributed by atoms with E-state index in [2.05, 4.69) is 46.4 Å². The molecule has 144 valence electrons. The maximum Gasteiger partial charge on any atom is 0.224 e. The molecular formula is C23H25N3O2. The Balaban J connectivity index is 1.31. The van der Waals surface area contributed by atoms with Gasteiger partial charge in [-0.1, -0.05) is 48.5 Å². The van der Waals surface area contributed by atoms with E-state index in [-0.39, 0.29) is 12.0 Å². The van der Waals surface area contributed by atoms with Crippen molar-refractivity contribution in [3.8, 4) is 0 Å². The molecule has 1 saturated heterocycles. The van der Waals surface area contributed by atoms with Crippen LogP contribution in [-0.4, -0.2) is 36.7 Å². The van der Waals surface area contributed by atoms with E-state index in [0.717, 1.165) is 42.0 Å². The SMILES string of the molecule is CC1CN(c2ccc(CNC(=O)Cc3ccc4ccccc4c3)cn2)CCO1. The van der Waals surface area contributed by atoms with Crippen LogP contribution < -0.4 is 10.2 Å². The second-order valence-electron chi connectivity index (χ2n) is 7.29. The van der Waals surface area contributed by atoms with Crippen molar-refractivity contribution in [3.63, 3.8) is 0 Å². The first kappa shape index (κ1) is 18.4. The minimum absolute atomic E-state index is 0.0151. The van der Waals surface area contributed by atoms with Gasteiger partial charge in [0.1, 0.15) is 5.82 Å². The Morgan fingerprint density at radius 2 is 1.96 bits per heavy atom. The second kappa shape index (κ2) is 8.40. The van der Waals surface area contributed by atoms with E-state index in [1.807, 2.05) is 36.5 Å². The zero-order valence-corrected chi connectivity index (χ0v) is 16.1. The number of amides is 1. The van der Waals surface area contributed by atoms with E-state index >= 15 is 0 Å². The predicted octanol–water partition coefficient (Wildman–Crippen LogP) is 3.32. The van der Waals surface area contributed by atoms with Crippen molar-refractivity contribution in [2.24, 2.45) is 0 Å². The normalized spacial score (nSPS) is 16.9. The molecule has 2 heterocycles. The van der Waals surface area contributed by atoms with Crippen LogP contribution in [0.5, 0.6) is 0 Å². The van der Waals surface area contributed by atoms with Gasteiger partial charge in [0.15, 0.2) is 0 Å². The molecule has 5 heteroatoms. The Hall–Kier alpha value is -2.92. The van der Waals surface area contributed by atoms with Crippen molar-refractivity contribution in [2.45, 2.75) is 26.0 Å². The van der Waals surface area contributed by atoms with Crippen molar-refractivity contribution in [1.82, 2.24) is 10.3 Å². The molecule has 0 aliphatic carbocycles. The van der Waals surface area contributed by atoms with Gasteiger partial charge in [0, 0.05) is 25.8 Å². The van der Waals surface area contributed by atoms with Crippen molar-refractivity contribution in [3.05, 3.63) is 71.9 Å². The highest BCUT2D eigenvalue weighted by molar-refractivity contribution is 5.85. The van der Waals surface area contributed by atoms with Gasteiger partial charge in [-0.3, -0.25) is 4.79 Å². The third-order valence-electron chi connectivity index (χ3n) is 5.04. The molecule has 0 radical (unpaired) electrons. The Morgan fingerprint density at radius 1 is 1.14 bits per heavy atom. The smallest absolute Gasteiger partial charge is 0.224 e. The number of hydrogen-bond donors (Lipinski definition) is 1. The number of nitrogens with zero attached hydrogens (tertiary/aromatic N) is 2. The second-order valence-corrected chi connectivity index (χ2v) is 7.29. The summed E-state index contributed by atoms with van der Waals surface area (Å²) in [5.41, 5.74) is 2.02. The van der Waals surface area contributed by atoms with Crippen LogP contribution in [0.1, 0.15) is 18.1 Å². The highest BCUT2D eigenvalue weighted by Gasteiger charge is 2.17. The number of aromatic nitrogens is 1. The van der Waals surface area contributed by atoms with Gasteiger partial charge in [-0.2, -0.15) is 0 Å². The molecule has 1 N–H and O–H groups in total. The van der Waals surface area contributed by atoms with Gasteiger partial charge >= 0.3 is 0 Å². The number of pyridine rings is 1. The highest BCUT2D eigenvalue weighted by Crippen LogP contribution is 2.17. The number of hydrogen-bond acceptors (Lipinski definition) is 4. The maximum absolute atomic E-state index is 12.3. The summed E-state index contributed by atoms with van der Waals surface area (Å²) in [7, 11) is 0. The quantitative estimate of drug-likeness (QED) is 0.743. The van der Waals surface area contributed by atoms with Gasteiger partial charge in [0.2, 0.25) is 5.91 Å². The lowest BCUT2D eigenvalue weighted by Gasteiger charge is -2.32. The Kier molecular flexibility index (Phi) is 5.53. The largest absolute Gasteiger partial charge is 0.375 e. The summed E-state index contributed by atoms with van der Waals surface area (Å²) in [6.45, 7) is 5.01. The molecule has 5 nitrogen and oxygen atoms in total. The molecule has 1 aliphatic heterocycles. The summed E-state index contributed by atoms with van der Waals surface area (Å²) in [6.07, 6.45) is 2.44. The zero-order chi connectivity index (χ0) is 19.3. The molecule has 3 aromatic rings. The fourth-order valence-electron chi connectivity index (χ4n) is 3.53. The van der Waals surface area contributed by atoms with Crippen molar-refractivity contribution in [1.29, 1.82) is 0 Å². The van der Waals surface area contributed by atoms with Gasteiger partial charge < -0.3 is 15.0 Å². The Labute approximate surface area is 165 Å². The average molecular weight is 375 g/mol. The summed E-state index contributed by atoms with van der Waals surface area (Å²) < 4.78 is 5.57. The van der Waals surface area contributed by atoms with Crippen LogP contribution in [0.4, 0.5) is 5.82 Å². The molecule has 4 rings (SSSR count). The monoisotopic (exact) mass is 375 g/mol. The number of benzene rings is 2. The van der Waals surface area contributed by atoms with E-state index in [1.165, 1.54) is 5.39 Å². The molecule has 1 fully saturated rings.